The van der Waals surface area contributed by atoms with E-state index in [1.165, 1.54) is 10.5 Å². The normalized spacial score (nSPS) is 16.2. The summed E-state index contributed by atoms with van der Waals surface area (Å²) in [6.45, 7) is 9.58. The van der Waals surface area contributed by atoms with Crippen LogP contribution in [0.25, 0.3) is 0 Å². The number of morpholine rings is 1. The second-order valence-corrected chi connectivity index (χ2v) is 8.09. The molecular weight excluding hydrogens is 334 g/mol. The Hall–Kier alpha value is -1.08. The van der Waals surface area contributed by atoms with Crippen LogP contribution in [0.3, 0.4) is 0 Å². The second-order valence-electron chi connectivity index (χ2n) is 7.21. The summed E-state index contributed by atoms with van der Waals surface area (Å²) >= 11 is 1.74. The number of hydrogen-bond acceptors (Lipinski definition) is 5. The van der Waals surface area contributed by atoms with E-state index in [1.807, 2.05) is 11.9 Å². The molecule has 1 aromatic carbocycles. The van der Waals surface area contributed by atoms with Crippen molar-refractivity contribution in [1.82, 2.24) is 15.1 Å². The van der Waals surface area contributed by atoms with Crippen molar-refractivity contribution in [3.63, 3.8) is 0 Å². The molecule has 1 amide bonds. The Kier molecular flexibility index (Phi) is 7.75. The first kappa shape index (κ1) is 20.2. The molecule has 1 saturated heterocycles. The number of amides is 1. The van der Waals surface area contributed by atoms with Gasteiger partial charge in [-0.1, -0.05) is 12.1 Å². The van der Waals surface area contributed by atoms with Crippen molar-refractivity contribution < 1.29 is 9.53 Å². The van der Waals surface area contributed by atoms with E-state index < -0.39 is 0 Å². The maximum absolute atomic E-state index is 12.3. The zero-order chi connectivity index (χ0) is 18.3. The monoisotopic (exact) mass is 365 g/mol. The third kappa shape index (κ3) is 6.62. The van der Waals surface area contributed by atoms with Crippen LogP contribution in [0.1, 0.15) is 19.4 Å². The van der Waals surface area contributed by atoms with Gasteiger partial charge < -0.3 is 10.1 Å². The van der Waals surface area contributed by atoms with Crippen LogP contribution < -0.4 is 5.32 Å². The van der Waals surface area contributed by atoms with Crippen LogP contribution in [0.4, 0.5) is 0 Å². The number of benzene rings is 1. The SMILES string of the molecule is CSc1ccc(CN(C)CC(=O)NCC(C)(C)N2CCOCC2)cc1. The molecule has 0 saturated carbocycles. The van der Waals surface area contributed by atoms with Gasteiger partial charge in [-0.25, -0.2) is 0 Å². The molecule has 1 fully saturated rings. The molecule has 1 N–H and O–H groups in total. The van der Waals surface area contributed by atoms with E-state index in [-0.39, 0.29) is 11.4 Å². The number of thioether (sulfide) groups is 1. The number of hydrogen-bond donors (Lipinski definition) is 1. The maximum Gasteiger partial charge on any atom is 0.234 e. The Morgan fingerprint density at radius 3 is 2.52 bits per heavy atom. The average Bonchev–Trinajstić information content (AvgIpc) is 2.61. The van der Waals surface area contributed by atoms with Crippen molar-refractivity contribution in [2.24, 2.45) is 0 Å². The van der Waals surface area contributed by atoms with Crippen LogP contribution >= 0.6 is 11.8 Å². The molecule has 0 aromatic heterocycles. The van der Waals surface area contributed by atoms with E-state index in [0.29, 0.717) is 13.1 Å². The number of likely N-dealkylation sites (N-methyl/N-ethyl adjacent to an activating group) is 1. The first-order valence-corrected chi connectivity index (χ1v) is 10.0. The van der Waals surface area contributed by atoms with E-state index in [2.05, 4.69) is 54.6 Å². The molecule has 1 aromatic rings. The molecule has 0 unspecified atom stereocenters. The Labute approximate surface area is 156 Å². The van der Waals surface area contributed by atoms with Crippen molar-refractivity contribution in [1.29, 1.82) is 0 Å². The molecule has 0 atom stereocenters. The molecule has 2 rings (SSSR count). The minimum atomic E-state index is -0.0499. The highest BCUT2D eigenvalue weighted by molar-refractivity contribution is 7.98. The first-order valence-electron chi connectivity index (χ1n) is 8.82. The fraction of sp³-hybridized carbons (Fsp3) is 0.632. The molecule has 1 aliphatic heterocycles. The summed E-state index contributed by atoms with van der Waals surface area (Å²) in [5.41, 5.74) is 1.17. The predicted octanol–water partition coefficient (Wildman–Crippen LogP) is 2.07. The number of ether oxygens (including phenoxy) is 1. The fourth-order valence-electron chi connectivity index (χ4n) is 2.99. The lowest BCUT2D eigenvalue weighted by Crippen LogP contribution is -2.56. The van der Waals surface area contributed by atoms with Gasteiger partial charge in [0.1, 0.15) is 0 Å². The number of nitrogens with one attached hydrogen (secondary N) is 1. The van der Waals surface area contributed by atoms with E-state index >= 15 is 0 Å². The van der Waals surface area contributed by atoms with Gasteiger partial charge in [0.15, 0.2) is 0 Å². The Morgan fingerprint density at radius 2 is 1.92 bits per heavy atom. The number of carbonyl (C=O) groups excluding carboxylic acids is 1. The highest BCUT2D eigenvalue weighted by Gasteiger charge is 2.28. The third-order valence-electron chi connectivity index (χ3n) is 4.61. The summed E-state index contributed by atoms with van der Waals surface area (Å²) in [4.78, 5) is 18.0. The van der Waals surface area contributed by atoms with Crippen LogP contribution in [0.5, 0.6) is 0 Å². The number of carbonyl (C=O) groups is 1. The summed E-state index contributed by atoms with van der Waals surface area (Å²) < 4.78 is 5.41. The molecular formula is C19H31N3O2S. The van der Waals surface area contributed by atoms with Gasteiger partial charge in [-0.05, 0) is 44.8 Å². The smallest absolute Gasteiger partial charge is 0.234 e. The predicted molar refractivity (Wildman–Crippen MR) is 104 cm³/mol. The lowest BCUT2D eigenvalue weighted by atomic mass is 10.0. The van der Waals surface area contributed by atoms with Crippen molar-refractivity contribution in [2.45, 2.75) is 30.8 Å². The van der Waals surface area contributed by atoms with Gasteiger partial charge in [-0.3, -0.25) is 14.6 Å². The maximum atomic E-state index is 12.3. The zero-order valence-electron chi connectivity index (χ0n) is 15.9. The van der Waals surface area contributed by atoms with E-state index in [9.17, 15) is 4.79 Å². The van der Waals surface area contributed by atoms with Gasteiger partial charge >= 0.3 is 0 Å². The Bertz CT molecular complexity index is 542. The molecule has 0 radical (unpaired) electrons. The zero-order valence-corrected chi connectivity index (χ0v) is 16.7. The molecule has 1 aliphatic rings. The number of rotatable bonds is 8. The second kappa shape index (κ2) is 9.57. The Morgan fingerprint density at radius 1 is 1.28 bits per heavy atom. The highest BCUT2D eigenvalue weighted by Crippen LogP contribution is 2.16. The van der Waals surface area contributed by atoms with E-state index in [0.717, 1.165) is 32.8 Å². The number of nitrogens with zero attached hydrogens (tertiary/aromatic N) is 2. The molecule has 25 heavy (non-hydrogen) atoms. The van der Waals surface area contributed by atoms with Gasteiger partial charge in [-0.2, -0.15) is 0 Å². The van der Waals surface area contributed by atoms with Crippen LogP contribution in [-0.4, -0.2) is 73.9 Å². The van der Waals surface area contributed by atoms with Gasteiger partial charge in [0.25, 0.3) is 0 Å². The van der Waals surface area contributed by atoms with Gasteiger partial charge in [0.2, 0.25) is 5.91 Å². The molecule has 1 heterocycles. The molecule has 0 bridgehead atoms. The van der Waals surface area contributed by atoms with E-state index in [1.54, 1.807) is 11.8 Å². The summed E-state index contributed by atoms with van der Waals surface area (Å²) in [6, 6.07) is 8.50. The highest BCUT2D eigenvalue weighted by atomic mass is 32.2. The molecule has 140 valence electrons. The van der Waals surface area contributed by atoms with Gasteiger partial charge in [0, 0.05) is 36.6 Å². The minimum Gasteiger partial charge on any atom is -0.379 e. The summed E-state index contributed by atoms with van der Waals surface area (Å²) in [6.07, 6.45) is 2.07. The van der Waals surface area contributed by atoms with Crippen LogP contribution in [0.2, 0.25) is 0 Å². The molecule has 0 aliphatic carbocycles. The van der Waals surface area contributed by atoms with Crippen LogP contribution in [0, 0.1) is 0 Å². The summed E-state index contributed by atoms with van der Waals surface area (Å²) in [5.74, 6) is 0.0737. The first-order chi connectivity index (χ1) is 11.9. The van der Waals surface area contributed by atoms with Crippen LogP contribution in [-0.2, 0) is 16.1 Å². The molecule has 6 heteroatoms. The van der Waals surface area contributed by atoms with Crippen LogP contribution in [0.15, 0.2) is 29.2 Å². The quantitative estimate of drug-likeness (QED) is 0.715. The van der Waals surface area contributed by atoms with Crippen molar-refractivity contribution >= 4 is 17.7 Å². The average molecular weight is 366 g/mol. The standard InChI is InChI=1S/C19H31N3O2S/c1-19(2,22-9-11-24-12-10-22)15-20-18(23)14-21(3)13-16-5-7-17(25-4)8-6-16/h5-8H,9-15H2,1-4H3,(H,20,23). The van der Waals surface area contributed by atoms with Gasteiger partial charge in [0.05, 0.1) is 19.8 Å². The summed E-state index contributed by atoms with van der Waals surface area (Å²) in [7, 11) is 1.98. The third-order valence-corrected chi connectivity index (χ3v) is 5.35. The molecule has 5 nitrogen and oxygen atoms in total. The van der Waals surface area contributed by atoms with Crippen molar-refractivity contribution in [3.8, 4) is 0 Å². The summed E-state index contributed by atoms with van der Waals surface area (Å²) in [5, 5.41) is 3.09. The van der Waals surface area contributed by atoms with Crippen molar-refractivity contribution in [2.75, 3.05) is 52.7 Å². The van der Waals surface area contributed by atoms with Gasteiger partial charge in [-0.15, -0.1) is 11.8 Å². The van der Waals surface area contributed by atoms with E-state index in [4.69, 9.17) is 4.74 Å². The lowest BCUT2D eigenvalue weighted by molar-refractivity contribution is -0.122. The topological polar surface area (TPSA) is 44.8 Å². The van der Waals surface area contributed by atoms with Crippen molar-refractivity contribution in [3.05, 3.63) is 29.8 Å². The minimum absolute atomic E-state index is 0.0499. The molecule has 0 spiro atoms. The largest absolute Gasteiger partial charge is 0.379 e. The fourth-order valence-corrected chi connectivity index (χ4v) is 3.40. The Balaban J connectivity index is 1.74. The lowest BCUT2D eigenvalue weighted by Gasteiger charge is -2.40.